The molecule has 0 bridgehead atoms. The molecular weight excluding hydrogens is 378 g/mol. The Morgan fingerprint density at radius 3 is 2.33 bits per heavy atom. The highest BCUT2D eigenvalue weighted by molar-refractivity contribution is 7.93. The molecule has 2 aromatic carbocycles. The number of para-hydroxylation sites is 1. The molecule has 1 aromatic heterocycles. The first-order chi connectivity index (χ1) is 12.9. The van der Waals surface area contributed by atoms with Crippen LogP contribution in [0.5, 0.6) is 5.75 Å². The van der Waals surface area contributed by atoms with Gasteiger partial charge >= 0.3 is 0 Å². The van der Waals surface area contributed by atoms with Gasteiger partial charge in [-0.1, -0.05) is 42.5 Å². The Labute approximate surface area is 164 Å². The number of thiophene rings is 1. The van der Waals surface area contributed by atoms with E-state index in [1.54, 1.807) is 19.9 Å². The van der Waals surface area contributed by atoms with Crippen LogP contribution in [0.3, 0.4) is 0 Å². The van der Waals surface area contributed by atoms with Crippen LogP contribution in [0.1, 0.15) is 20.8 Å². The maximum atomic E-state index is 12.2. The van der Waals surface area contributed by atoms with Gasteiger partial charge in [0.2, 0.25) is 10.0 Å². The van der Waals surface area contributed by atoms with Crippen molar-refractivity contribution in [3.05, 3.63) is 60.0 Å². The topological polar surface area (TPSA) is 55.4 Å². The maximum absolute atomic E-state index is 12.2. The summed E-state index contributed by atoms with van der Waals surface area (Å²) in [5.74, 6) is 0.856. The van der Waals surface area contributed by atoms with Crippen molar-refractivity contribution in [2.45, 2.75) is 26.0 Å². The molecule has 27 heavy (non-hydrogen) atoms. The van der Waals surface area contributed by atoms with E-state index < -0.39 is 15.3 Å². The van der Waals surface area contributed by atoms with E-state index in [4.69, 9.17) is 4.74 Å². The summed E-state index contributed by atoms with van der Waals surface area (Å²) >= 11 is 1.52. The normalized spacial score (nSPS) is 11.6. The summed E-state index contributed by atoms with van der Waals surface area (Å²) in [5, 5.41) is 1.41. The molecule has 4 nitrogen and oxygen atoms in total. The van der Waals surface area contributed by atoms with Crippen LogP contribution in [-0.2, 0) is 10.0 Å². The molecule has 3 rings (SSSR count). The quantitative estimate of drug-likeness (QED) is 0.558. The van der Waals surface area contributed by atoms with E-state index >= 15 is 0 Å². The number of benzene rings is 2. The molecule has 1 N–H and O–H groups in total. The van der Waals surface area contributed by atoms with Gasteiger partial charge in [-0.15, -0.1) is 11.3 Å². The highest BCUT2D eigenvalue weighted by Gasteiger charge is 2.18. The zero-order valence-corrected chi connectivity index (χ0v) is 17.2. The average Bonchev–Trinajstić information content (AvgIpc) is 3.10. The Morgan fingerprint density at radius 2 is 1.67 bits per heavy atom. The van der Waals surface area contributed by atoms with Crippen molar-refractivity contribution >= 4 is 27.0 Å². The van der Waals surface area contributed by atoms with Crippen molar-refractivity contribution in [3.8, 4) is 27.3 Å². The van der Waals surface area contributed by atoms with Gasteiger partial charge in [0.1, 0.15) is 5.75 Å². The van der Waals surface area contributed by atoms with E-state index in [0.717, 1.165) is 27.3 Å². The first-order valence-corrected chi connectivity index (χ1v) is 11.3. The minimum absolute atomic E-state index is 0.484. The number of ether oxygens (including phenoxy) is 1. The van der Waals surface area contributed by atoms with E-state index in [1.165, 1.54) is 11.3 Å². The van der Waals surface area contributed by atoms with E-state index in [2.05, 4.69) is 4.72 Å². The zero-order valence-electron chi connectivity index (χ0n) is 15.6. The Morgan fingerprint density at radius 1 is 1.00 bits per heavy atom. The van der Waals surface area contributed by atoms with E-state index in [-0.39, 0.29) is 0 Å². The van der Waals surface area contributed by atoms with E-state index in [1.807, 2.05) is 60.8 Å². The summed E-state index contributed by atoms with van der Waals surface area (Å²) in [6.45, 7) is 5.91. The van der Waals surface area contributed by atoms with Crippen molar-refractivity contribution < 1.29 is 13.2 Å². The minimum Gasteiger partial charge on any atom is -0.493 e. The Hall–Kier alpha value is -2.31. The minimum atomic E-state index is -3.37. The van der Waals surface area contributed by atoms with Crippen LogP contribution >= 0.6 is 11.3 Å². The lowest BCUT2D eigenvalue weighted by Gasteiger charge is -2.12. The molecule has 1 heterocycles. The van der Waals surface area contributed by atoms with Crippen molar-refractivity contribution in [3.63, 3.8) is 0 Å². The Bertz CT molecular complexity index is 1010. The second-order valence-electron chi connectivity index (χ2n) is 6.37. The zero-order chi connectivity index (χ0) is 19.4. The van der Waals surface area contributed by atoms with Crippen LogP contribution in [0, 0.1) is 0 Å². The molecule has 0 aliphatic heterocycles. The Balaban J connectivity index is 1.91. The van der Waals surface area contributed by atoms with Gasteiger partial charge < -0.3 is 4.74 Å². The third-order valence-corrected chi connectivity index (χ3v) is 6.89. The average molecular weight is 402 g/mol. The molecule has 0 aliphatic rings. The lowest BCUT2D eigenvalue weighted by Crippen LogP contribution is -2.22. The first-order valence-electron chi connectivity index (χ1n) is 8.84. The fraction of sp³-hybridized carbons (Fsp3) is 0.238. The number of hydrogen-bond acceptors (Lipinski definition) is 4. The monoisotopic (exact) mass is 401 g/mol. The van der Waals surface area contributed by atoms with Crippen LogP contribution < -0.4 is 9.46 Å². The molecule has 0 amide bonds. The lowest BCUT2D eigenvalue weighted by molar-refractivity contribution is 0.341. The fourth-order valence-corrected chi connectivity index (χ4v) is 4.31. The Kier molecular flexibility index (Phi) is 5.87. The second kappa shape index (κ2) is 8.15. The van der Waals surface area contributed by atoms with Gasteiger partial charge in [-0.05, 0) is 49.4 Å². The van der Waals surface area contributed by atoms with Crippen molar-refractivity contribution in [1.82, 2.24) is 0 Å². The maximum Gasteiger partial charge on any atom is 0.235 e. The number of rotatable bonds is 7. The molecule has 6 heteroatoms. The van der Waals surface area contributed by atoms with Crippen LogP contribution in [0.25, 0.3) is 21.6 Å². The second-order valence-corrected chi connectivity index (χ2v) is 9.52. The highest BCUT2D eigenvalue weighted by Crippen LogP contribution is 2.37. The van der Waals surface area contributed by atoms with Crippen molar-refractivity contribution in [2.75, 3.05) is 11.3 Å². The molecule has 0 fully saturated rings. The molecule has 0 atom stereocenters. The number of sulfonamides is 1. The van der Waals surface area contributed by atoms with Crippen LogP contribution in [0.4, 0.5) is 5.69 Å². The molecule has 0 saturated carbocycles. The van der Waals surface area contributed by atoms with Gasteiger partial charge in [0, 0.05) is 5.56 Å². The van der Waals surface area contributed by atoms with Gasteiger partial charge in [0.25, 0.3) is 0 Å². The predicted molar refractivity (Wildman–Crippen MR) is 114 cm³/mol. The summed E-state index contributed by atoms with van der Waals surface area (Å²) in [7, 11) is -3.37. The molecule has 142 valence electrons. The highest BCUT2D eigenvalue weighted by atomic mass is 32.2. The standard InChI is InChI=1S/C21H23NO3S2/c1-4-25-20-8-6-5-7-18(20)16-9-11-17(12-10-16)21-19(13-14-26-21)22-27(23,24)15(2)3/h5-15,22H,4H2,1-3H3. The molecule has 0 unspecified atom stereocenters. The predicted octanol–water partition coefficient (Wildman–Crippen LogP) is 5.63. The summed E-state index contributed by atoms with van der Waals surface area (Å²) in [6.07, 6.45) is 0. The van der Waals surface area contributed by atoms with Crippen LogP contribution in [0.2, 0.25) is 0 Å². The lowest BCUT2D eigenvalue weighted by atomic mass is 10.0. The van der Waals surface area contributed by atoms with Crippen molar-refractivity contribution in [2.24, 2.45) is 0 Å². The molecular formula is C21H23NO3S2. The largest absolute Gasteiger partial charge is 0.493 e. The van der Waals surface area contributed by atoms with Crippen LogP contribution in [0.15, 0.2) is 60.0 Å². The first kappa shape index (κ1) is 19.5. The molecule has 0 spiro atoms. The summed E-state index contributed by atoms with van der Waals surface area (Å²) in [6, 6.07) is 17.8. The third kappa shape index (κ3) is 4.34. The van der Waals surface area contributed by atoms with Crippen LogP contribution in [-0.4, -0.2) is 20.3 Å². The van der Waals surface area contributed by atoms with E-state index in [0.29, 0.717) is 12.3 Å². The van der Waals surface area contributed by atoms with Gasteiger partial charge in [-0.2, -0.15) is 0 Å². The fourth-order valence-electron chi connectivity index (χ4n) is 2.67. The summed E-state index contributed by atoms with van der Waals surface area (Å²) in [5.41, 5.74) is 3.70. The molecule has 0 radical (unpaired) electrons. The van der Waals surface area contributed by atoms with Crippen molar-refractivity contribution in [1.29, 1.82) is 0 Å². The van der Waals surface area contributed by atoms with Gasteiger partial charge in [-0.3, -0.25) is 4.72 Å². The van der Waals surface area contributed by atoms with E-state index in [9.17, 15) is 8.42 Å². The molecule has 0 aliphatic carbocycles. The smallest absolute Gasteiger partial charge is 0.235 e. The molecule has 0 saturated heterocycles. The van der Waals surface area contributed by atoms with Gasteiger partial charge in [-0.25, -0.2) is 8.42 Å². The van der Waals surface area contributed by atoms with Gasteiger partial charge in [0.05, 0.1) is 22.4 Å². The SMILES string of the molecule is CCOc1ccccc1-c1ccc(-c2sccc2NS(=O)(=O)C(C)C)cc1. The number of anilines is 1. The summed E-state index contributed by atoms with van der Waals surface area (Å²) in [4.78, 5) is 0.906. The summed E-state index contributed by atoms with van der Waals surface area (Å²) < 4.78 is 32.8. The number of nitrogens with one attached hydrogen (secondary N) is 1. The third-order valence-electron chi connectivity index (χ3n) is 4.18. The number of hydrogen-bond donors (Lipinski definition) is 1. The van der Waals surface area contributed by atoms with Gasteiger partial charge in [0.15, 0.2) is 0 Å². The molecule has 3 aromatic rings.